The van der Waals surface area contributed by atoms with Gasteiger partial charge < -0.3 is 4.90 Å². The van der Waals surface area contributed by atoms with E-state index >= 15 is 0 Å². The zero-order valence-electron chi connectivity index (χ0n) is 9.81. The Hall–Kier alpha value is -1.06. The molecule has 1 unspecified atom stereocenters. The van der Waals surface area contributed by atoms with Crippen LogP contribution in [-0.4, -0.2) is 29.8 Å². The van der Waals surface area contributed by atoms with Crippen LogP contribution in [0.15, 0.2) is 30.3 Å². The van der Waals surface area contributed by atoms with Crippen molar-refractivity contribution >= 4 is 38.9 Å². The summed E-state index contributed by atoms with van der Waals surface area (Å²) in [5, 5.41) is 1.12. The van der Waals surface area contributed by atoms with Crippen LogP contribution < -0.4 is 0 Å². The van der Waals surface area contributed by atoms with E-state index in [0.717, 1.165) is 15.0 Å². The number of amides is 1. The highest BCUT2D eigenvalue weighted by Gasteiger charge is 2.18. The second-order valence-electron chi connectivity index (χ2n) is 4.07. The van der Waals surface area contributed by atoms with Gasteiger partial charge in [0.15, 0.2) is 0 Å². The summed E-state index contributed by atoms with van der Waals surface area (Å²) < 4.78 is 1.14. The summed E-state index contributed by atoms with van der Waals surface area (Å²) in [6.45, 7) is 1.94. The first-order valence-electron chi connectivity index (χ1n) is 5.45. The van der Waals surface area contributed by atoms with E-state index in [1.54, 1.807) is 11.9 Å². The Balaban J connectivity index is 2.30. The van der Waals surface area contributed by atoms with Gasteiger partial charge in [-0.1, -0.05) is 18.2 Å². The summed E-state index contributed by atoms with van der Waals surface area (Å²) in [5.41, 5.74) is 0. The van der Waals surface area contributed by atoms with Crippen molar-refractivity contribution in [3.05, 3.63) is 35.2 Å². The topological polar surface area (TPSA) is 20.3 Å². The van der Waals surface area contributed by atoms with Crippen molar-refractivity contribution in [3.63, 3.8) is 0 Å². The molecule has 0 fully saturated rings. The van der Waals surface area contributed by atoms with Gasteiger partial charge in [-0.3, -0.25) is 4.79 Å². The Kier molecular flexibility index (Phi) is 3.69. The molecule has 0 bridgehead atoms. The Morgan fingerprint density at radius 2 is 2.18 bits per heavy atom. The molecule has 90 valence electrons. The Morgan fingerprint density at radius 3 is 2.82 bits per heavy atom. The molecule has 0 saturated carbocycles. The molecule has 1 aromatic heterocycles. The van der Waals surface area contributed by atoms with Crippen molar-refractivity contribution in [1.29, 1.82) is 0 Å². The van der Waals surface area contributed by atoms with Crippen LogP contribution in [0.4, 0.5) is 0 Å². The molecule has 17 heavy (non-hydrogen) atoms. The average Bonchev–Trinajstić information content (AvgIpc) is 2.79. The van der Waals surface area contributed by atoms with Gasteiger partial charge in [0.05, 0.1) is 4.88 Å². The van der Waals surface area contributed by atoms with E-state index in [4.69, 9.17) is 11.6 Å². The smallest absolute Gasteiger partial charge is 0.263 e. The molecule has 0 aliphatic carbocycles. The summed E-state index contributed by atoms with van der Waals surface area (Å²) in [7, 11) is 1.79. The molecule has 0 N–H and O–H groups in total. The lowest BCUT2D eigenvalue weighted by Gasteiger charge is -2.22. The van der Waals surface area contributed by atoms with Gasteiger partial charge >= 0.3 is 0 Å². The molecule has 0 aliphatic heterocycles. The van der Waals surface area contributed by atoms with Gasteiger partial charge in [-0.05, 0) is 24.4 Å². The number of thiophene rings is 1. The number of hydrogen-bond donors (Lipinski definition) is 0. The monoisotopic (exact) mass is 267 g/mol. The minimum atomic E-state index is 0.0411. The maximum Gasteiger partial charge on any atom is 0.263 e. The number of nitrogens with zero attached hydrogens (tertiary/aromatic N) is 1. The summed E-state index contributed by atoms with van der Waals surface area (Å²) in [6, 6.07) is 10.0. The Labute approximate surface area is 110 Å². The van der Waals surface area contributed by atoms with Crippen molar-refractivity contribution in [2.45, 2.75) is 13.0 Å². The Bertz CT molecular complexity index is 504. The van der Waals surface area contributed by atoms with Crippen molar-refractivity contribution in [2.75, 3.05) is 12.9 Å². The highest BCUT2D eigenvalue weighted by atomic mass is 35.5. The molecule has 0 radical (unpaired) electrons. The van der Waals surface area contributed by atoms with Crippen LogP contribution in [0.1, 0.15) is 16.6 Å². The Morgan fingerprint density at radius 1 is 1.47 bits per heavy atom. The maximum atomic E-state index is 12.2. The minimum absolute atomic E-state index is 0.0411. The van der Waals surface area contributed by atoms with E-state index in [1.165, 1.54) is 11.3 Å². The molecule has 0 aliphatic rings. The fraction of sp³-hybridized carbons (Fsp3) is 0.308. The molecule has 1 amide bonds. The number of rotatable bonds is 3. The number of carbonyl (C=O) groups excluding carboxylic acids is 1. The van der Waals surface area contributed by atoms with Crippen LogP contribution >= 0.6 is 22.9 Å². The number of halogens is 1. The number of alkyl halides is 1. The van der Waals surface area contributed by atoms with Gasteiger partial charge in [-0.15, -0.1) is 22.9 Å². The third-order valence-electron chi connectivity index (χ3n) is 2.84. The first-order valence-corrected chi connectivity index (χ1v) is 6.80. The highest BCUT2D eigenvalue weighted by molar-refractivity contribution is 7.20. The molecule has 1 aromatic carbocycles. The van der Waals surface area contributed by atoms with Crippen molar-refractivity contribution < 1.29 is 4.79 Å². The van der Waals surface area contributed by atoms with E-state index in [1.807, 2.05) is 37.3 Å². The van der Waals surface area contributed by atoms with E-state index in [2.05, 4.69) is 0 Å². The summed E-state index contributed by atoms with van der Waals surface area (Å²) in [4.78, 5) is 14.7. The van der Waals surface area contributed by atoms with E-state index in [-0.39, 0.29) is 11.9 Å². The molecule has 0 saturated heterocycles. The maximum absolute atomic E-state index is 12.2. The zero-order valence-corrected chi connectivity index (χ0v) is 11.4. The fourth-order valence-electron chi connectivity index (χ4n) is 1.56. The summed E-state index contributed by atoms with van der Waals surface area (Å²) in [5.74, 6) is 0.493. The number of benzene rings is 1. The number of fused-ring (bicyclic) bond motifs is 1. The molecule has 1 atom stereocenters. The summed E-state index contributed by atoms with van der Waals surface area (Å²) in [6.07, 6.45) is 0. The lowest BCUT2D eigenvalue weighted by molar-refractivity contribution is 0.0761. The quantitative estimate of drug-likeness (QED) is 0.778. The first-order chi connectivity index (χ1) is 8.13. The normalized spacial score (nSPS) is 12.6. The van der Waals surface area contributed by atoms with Gasteiger partial charge in [0.25, 0.3) is 5.91 Å². The number of hydrogen-bond acceptors (Lipinski definition) is 2. The second kappa shape index (κ2) is 5.07. The highest BCUT2D eigenvalue weighted by Crippen LogP contribution is 2.26. The first kappa shape index (κ1) is 12.4. The predicted molar refractivity (Wildman–Crippen MR) is 74.1 cm³/mol. The van der Waals surface area contributed by atoms with Crippen LogP contribution in [0.5, 0.6) is 0 Å². The lowest BCUT2D eigenvalue weighted by atomic mass is 10.2. The SMILES string of the molecule is CC(CCl)N(C)C(=O)c1cc2ccccc2s1. The van der Waals surface area contributed by atoms with Gasteiger partial charge in [-0.25, -0.2) is 0 Å². The third-order valence-corrected chi connectivity index (χ3v) is 4.39. The molecule has 2 aromatic rings. The van der Waals surface area contributed by atoms with E-state index in [9.17, 15) is 4.79 Å². The van der Waals surface area contributed by atoms with Crippen molar-refractivity contribution in [1.82, 2.24) is 4.90 Å². The van der Waals surface area contributed by atoms with Crippen LogP contribution in [-0.2, 0) is 0 Å². The standard InChI is InChI=1S/C13H14ClNOS/c1-9(8-14)15(2)13(16)12-7-10-5-3-4-6-11(10)17-12/h3-7,9H,8H2,1-2H3. The van der Waals surface area contributed by atoms with Crippen molar-refractivity contribution in [2.24, 2.45) is 0 Å². The molecular weight excluding hydrogens is 254 g/mol. The van der Waals surface area contributed by atoms with Crippen LogP contribution in [0, 0.1) is 0 Å². The van der Waals surface area contributed by atoms with E-state index in [0.29, 0.717) is 5.88 Å². The lowest BCUT2D eigenvalue weighted by Crippen LogP contribution is -2.35. The molecule has 4 heteroatoms. The van der Waals surface area contributed by atoms with Gasteiger partial charge in [0.1, 0.15) is 0 Å². The molecule has 0 spiro atoms. The largest absolute Gasteiger partial charge is 0.337 e. The predicted octanol–water partition coefficient (Wildman–Crippen LogP) is 3.60. The molecular formula is C13H14ClNOS. The number of carbonyl (C=O) groups is 1. The van der Waals surface area contributed by atoms with Gasteiger partial charge in [-0.2, -0.15) is 0 Å². The fourth-order valence-corrected chi connectivity index (χ4v) is 2.82. The minimum Gasteiger partial charge on any atom is -0.337 e. The average molecular weight is 268 g/mol. The van der Waals surface area contributed by atoms with Crippen molar-refractivity contribution in [3.8, 4) is 0 Å². The van der Waals surface area contributed by atoms with Crippen LogP contribution in [0.2, 0.25) is 0 Å². The van der Waals surface area contributed by atoms with Crippen LogP contribution in [0.3, 0.4) is 0 Å². The third kappa shape index (κ3) is 2.45. The zero-order chi connectivity index (χ0) is 12.4. The second-order valence-corrected chi connectivity index (χ2v) is 5.46. The molecule has 1 heterocycles. The van der Waals surface area contributed by atoms with Gasteiger partial charge in [0, 0.05) is 23.7 Å². The van der Waals surface area contributed by atoms with Crippen LogP contribution in [0.25, 0.3) is 10.1 Å². The van der Waals surface area contributed by atoms with E-state index < -0.39 is 0 Å². The molecule has 2 rings (SSSR count). The van der Waals surface area contributed by atoms with Gasteiger partial charge in [0.2, 0.25) is 0 Å². The molecule has 2 nitrogen and oxygen atoms in total. The summed E-state index contributed by atoms with van der Waals surface area (Å²) >= 11 is 7.29.